The summed E-state index contributed by atoms with van der Waals surface area (Å²) in [5, 5.41) is 0. The molecule has 0 bridgehead atoms. The van der Waals surface area contributed by atoms with Gasteiger partial charge in [0, 0.05) is 6.54 Å². The molecule has 0 aliphatic carbocycles. The van der Waals surface area contributed by atoms with Gasteiger partial charge >= 0.3 is 5.97 Å². The highest BCUT2D eigenvalue weighted by Gasteiger charge is 2.39. The summed E-state index contributed by atoms with van der Waals surface area (Å²) in [5.41, 5.74) is 0. The molecule has 0 unspecified atom stereocenters. The first-order valence-corrected chi connectivity index (χ1v) is 9.45. The zero-order chi connectivity index (χ0) is 14.8. The molecular formula is C12H16BrNO4S2. The zero-order valence-corrected chi connectivity index (χ0v) is 14.3. The third-order valence-electron chi connectivity index (χ3n) is 3.12. The normalized spacial score (nSPS) is 20.8. The predicted octanol–water partition coefficient (Wildman–Crippen LogP) is 2.62. The van der Waals surface area contributed by atoms with Gasteiger partial charge in [-0.2, -0.15) is 4.31 Å². The lowest BCUT2D eigenvalue weighted by Crippen LogP contribution is -2.48. The summed E-state index contributed by atoms with van der Waals surface area (Å²) in [6, 6.07) is 2.55. The minimum absolute atomic E-state index is 0.251. The molecule has 0 saturated carbocycles. The number of carbonyl (C=O) groups is 1. The standard InChI is InChI=1S/C12H16BrNO4S2/c1-2-18-12(15)9-5-3-4-8-14(9)20(16,17)11-7-6-10(13)19-11/h6-7,9H,2-5,8H2,1H3/t9-/m0/s1. The first-order chi connectivity index (χ1) is 9.46. The molecule has 20 heavy (non-hydrogen) atoms. The van der Waals surface area contributed by atoms with Crippen LogP contribution in [0, 0.1) is 0 Å². The first kappa shape index (κ1) is 15.9. The molecule has 0 spiro atoms. The maximum absolute atomic E-state index is 12.6. The van der Waals surface area contributed by atoms with Crippen LogP contribution < -0.4 is 0 Å². The van der Waals surface area contributed by atoms with Gasteiger partial charge in [-0.1, -0.05) is 0 Å². The molecule has 1 aromatic rings. The molecule has 0 N–H and O–H groups in total. The molecule has 1 aromatic heterocycles. The molecule has 0 aromatic carbocycles. The number of carbonyl (C=O) groups excluding carboxylic acids is 1. The highest BCUT2D eigenvalue weighted by Crippen LogP contribution is 2.32. The van der Waals surface area contributed by atoms with Crippen molar-refractivity contribution >= 4 is 43.3 Å². The number of sulfonamides is 1. The molecule has 2 rings (SSSR count). The maximum atomic E-state index is 12.6. The minimum atomic E-state index is -3.63. The van der Waals surface area contributed by atoms with E-state index in [9.17, 15) is 13.2 Å². The van der Waals surface area contributed by atoms with Crippen LogP contribution in [0.3, 0.4) is 0 Å². The predicted molar refractivity (Wildman–Crippen MR) is 80.2 cm³/mol. The van der Waals surface area contributed by atoms with Crippen molar-refractivity contribution in [1.29, 1.82) is 0 Å². The van der Waals surface area contributed by atoms with Gasteiger partial charge in [-0.05, 0) is 54.2 Å². The Morgan fingerprint density at radius 1 is 1.50 bits per heavy atom. The van der Waals surface area contributed by atoms with Crippen LogP contribution in [0.4, 0.5) is 0 Å². The van der Waals surface area contributed by atoms with E-state index in [1.165, 1.54) is 4.31 Å². The van der Waals surface area contributed by atoms with Crippen LogP contribution in [0.5, 0.6) is 0 Å². The van der Waals surface area contributed by atoms with E-state index in [1.807, 2.05) is 0 Å². The van der Waals surface area contributed by atoms with Crippen LogP contribution >= 0.6 is 27.3 Å². The van der Waals surface area contributed by atoms with Crippen LogP contribution in [-0.2, 0) is 19.6 Å². The van der Waals surface area contributed by atoms with E-state index in [-0.39, 0.29) is 10.8 Å². The number of ether oxygens (including phenoxy) is 1. The molecule has 1 aliphatic rings. The minimum Gasteiger partial charge on any atom is -0.465 e. The molecule has 1 aliphatic heterocycles. The van der Waals surface area contributed by atoms with Crippen molar-refractivity contribution in [3.63, 3.8) is 0 Å². The molecule has 2 heterocycles. The van der Waals surface area contributed by atoms with Gasteiger partial charge in [0.2, 0.25) is 0 Å². The number of thiophene rings is 1. The number of nitrogens with zero attached hydrogens (tertiary/aromatic N) is 1. The zero-order valence-electron chi connectivity index (χ0n) is 11.0. The third kappa shape index (κ3) is 3.24. The largest absolute Gasteiger partial charge is 0.465 e. The summed E-state index contributed by atoms with van der Waals surface area (Å²) in [7, 11) is -3.63. The molecule has 5 nitrogen and oxygen atoms in total. The molecule has 112 valence electrons. The van der Waals surface area contributed by atoms with Crippen molar-refractivity contribution in [1.82, 2.24) is 4.31 Å². The van der Waals surface area contributed by atoms with Crippen LogP contribution in [-0.4, -0.2) is 37.9 Å². The molecule has 0 amide bonds. The lowest BCUT2D eigenvalue weighted by Gasteiger charge is -2.32. The van der Waals surface area contributed by atoms with Crippen LogP contribution in [0.25, 0.3) is 0 Å². The third-order valence-corrected chi connectivity index (χ3v) is 7.12. The number of esters is 1. The van der Waals surface area contributed by atoms with Gasteiger partial charge in [0.05, 0.1) is 10.4 Å². The van der Waals surface area contributed by atoms with Crippen molar-refractivity contribution in [3.8, 4) is 0 Å². The molecule has 8 heteroatoms. The monoisotopic (exact) mass is 381 g/mol. The first-order valence-electron chi connectivity index (χ1n) is 6.40. The van der Waals surface area contributed by atoms with Crippen molar-refractivity contribution in [2.24, 2.45) is 0 Å². The number of hydrogen-bond donors (Lipinski definition) is 0. The Morgan fingerprint density at radius 3 is 2.85 bits per heavy atom. The second-order valence-corrected chi connectivity index (χ2v) is 9.02. The van der Waals surface area contributed by atoms with E-state index >= 15 is 0 Å². The number of halogens is 1. The Morgan fingerprint density at radius 2 is 2.25 bits per heavy atom. The Hall–Kier alpha value is -0.440. The second-order valence-electron chi connectivity index (χ2n) is 4.44. The number of piperidine rings is 1. The lowest BCUT2D eigenvalue weighted by atomic mass is 10.1. The van der Waals surface area contributed by atoms with Gasteiger partial charge in [0.25, 0.3) is 10.0 Å². The van der Waals surface area contributed by atoms with Gasteiger partial charge in [-0.3, -0.25) is 4.79 Å². The molecule has 1 atom stereocenters. The van der Waals surface area contributed by atoms with Crippen molar-refractivity contribution in [2.75, 3.05) is 13.2 Å². The quantitative estimate of drug-likeness (QED) is 0.751. The summed E-state index contributed by atoms with van der Waals surface area (Å²) >= 11 is 4.41. The fourth-order valence-electron chi connectivity index (χ4n) is 2.22. The topological polar surface area (TPSA) is 63.7 Å². The maximum Gasteiger partial charge on any atom is 0.324 e. The molecule has 0 radical (unpaired) electrons. The molecular weight excluding hydrogens is 366 g/mol. The second kappa shape index (κ2) is 6.55. The van der Waals surface area contributed by atoms with Crippen molar-refractivity contribution in [3.05, 3.63) is 15.9 Å². The fraction of sp³-hybridized carbons (Fsp3) is 0.583. The summed E-state index contributed by atoms with van der Waals surface area (Å²) < 4.78 is 32.5. The SMILES string of the molecule is CCOC(=O)[C@@H]1CCCCN1S(=O)(=O)c1ccc(Br)s1. The lowest BCUT2D eigenvalue weighted by molar-refractivity contribution is -0.148. The van der Waals surface area contributed by atoms with E-state index in [2.05, 4.69) is 15.9 Å². The highest BCUT2D eigenvalue weighted by atomic mass is 79.9. The number of rotatable bonds is 4. The Balaban J connectivity index is 2.29. The van der Waals surface area contributed by atoms with Crippen molar-refractivity contribution < 1.29 is 17.9 Å². The molecule has 1 saturated heterocycles. The summed E-state index contributed by atoms with van der Waals surface area (Å²) in [5.74, 6) is -0.452. The van der Waals surface area contributed by atoms with E-state index in [0.29, 0.717) is 13.0 Å². The smallest absolute Gasteiger partial charge is 0.324 e. The van der Waals surface area contributed by atoms with E-state index in [1.54, 1.807) is 19.1 Å². The Kier molecular flexibility index (Phi) is 5.22. The van der Waals surface area contributed by atoms with Gasteiger partial charge < -0.3 is 4.74 Å². The average molecular weight is 382 g/mol. The van der Waals surface area contributed by atoms with E-state index in [0.717, 1.165) is 28.0 Å². The van der Waals surface area contributed by atoms with E-state index in [4.69, 9.17) is 4.74 Å². The van der Waals surface area contributed by atoms with Gasteiger partial charge in [-0.15, -0.1) is 11.3 Å². The summed E-state index contributed by atoms with van der Waals surface area (Å²) in [4.78, 5) is 12.0. The van der Waals surface area contributed by atoms with Gasteiger partial charge in [0.15, 0.2) is 0 Å². The van der Waals surface area contributed by atoms with Gasteiger partial charge in [0.1, 0.15) is 10.3 Å². The molecule has 1 fully saturated rings. The highest BCUT2D eigenvalue weighted by molar-refractivity contribution is 9.11. The Bertz CT molecular complexity index is 584. The summed E-state index contributed by atoms with van der Waals surface area (Å²) in [6.07, 6.45) is 2.12. The van der Waals surface area contributed by atoms with Crippen molar-refractivity contribution in [2.45, 2.75) is 36.4 Å². The van der Waals surface area contributed by atoms with Crippen LogP contribution in [0.15, 0.2) is 20.1 Å². The fourth-order valence-corrected chi connectivity index (χ4v) is 6.00. The van der Waals surface area contributed by atoms with Crippen LogP contribution in [0.2, 0.25) is 0 Å². The number of hydrogen-bond acceptors (Lipinski definition) is 5. The van der Waals surface area contributed by atoms with Gasteiger partial charge in [-0.25, -0.2) is 8.42 Å². The summed E-state index contributed by atoms with van der Waals surface area (Å²) in [6.45, 7) is 2.34. The van der Waals surface area contributed by atoms with Crippen LogP contribution in [0.1, 0.15) is 26.2 Å². The average Bonchev–Trinajstić information content (AvgIpc) is 2.86. The Labute approximate surface area is 131 Å². The van der Waals surface area contributed by atoms with E-state index < -0.39 is 22.0 Å².